The fourth-order valence-electron chi connectivity index (χ4n) is 2.66. The molecule has 0 saturated carbocycles. The van der Waals surface area contributed by atoms with E-state index in [2.05, 4.69) is 36.9 Å². The van der Waals surface area contributed by atoms with Gasteiger partial charge in [-0.1, -0.05) is 27.2 Å². The first-order valence-corrected chi connectivity index (χ1v) is 9.13. The van der Waals surface area contributed by atoms with Gasteiger partial charge in [-0.15, -0.1) is 5.10 Å². The molecule has 3 rings (SSSR count). The molecule has 0 spiro atoms. The molecule has 0 bridgehead atoms. The SMILES string of the molecule is COc1ccc(NC(C)=O)cc1NC(=O)c1nnn(-c2cccc(Br)c2)c1C. The van der Waals surface area contributed by atoms with E-state index in [0.29, 0.717) is 22.8 Å². The Kier molecular flexibility index (Phi) is 5.74. The van der Waals surface area contributed by atoms with Crippen molar-refractivity contribution in [1.29, 1.82) is 0 Å². The number of anilines is 2. The minimum Gasteiger partial charge on any atom is -0.495 e. The van der Waals surface area contributed by atoms with Gasteiger partial charge >= 0.3 is 0 Å². The molecule has 0 aliphatic heterocycles. The van der Waals surface area contributed by atoms with Crippen molar-refractivity contribution in [3.8, 4) is 11.4 Å². The molecule has 9 heteroatoms. The van der Waals surface area contributed by atoms with Crippen LogP contribution in [0.1, 0.15) is 23.1 Å². The zero-order valence-corrected chi connectivity index (χ0v) is 17.1. The zero-order valence-electron chi connectivity index (χ0n) is 15.5. The van der Waals surface area contributed by atoms with Gasteiger partial charge in [0.25, 0.3) is 5.91 Å². The van der Waals surface area contributed by atoms with Gasteiger partial charge < -0.3 is 15.4 Å². The summed E-state index contributed by atoms with van der Waals surface area (Å²) in [6.07, 6.45) is 0. The number of nitrogens with zero attached hydrogens (tertiary/aromatic N) is 3. The third-order valence-electron chi connectivity index (χ3n) is 3.93. The van der Waals surface area contributed by atoms with Crippen molar-refractivity contribution in [2.45, 2.75) is 13.8 Å². The second-order valence-corrected chi connectivity index (χ2v) is 6.88. The van der Waals surface area contributed by atoms with E-state index in [1.807, 2.05) is 24.3 Å². The third kappa shape index (κ3) is 4.20. The summed E-state index contributed by atoms with van der Waals surface area (Å²) in [4.78, 5) is 24.0. The topological polar surface area (TPSA) is 98.1 Å². The van der Waals surface area contributed by atoms with Gasteiger partial charge in [0.2, 0.25) is 5.91 Å². The number of hydrogen-bond donors (Lipinski definition) is 2. The summed E-state index contributed by atoms with van der Waals surface area (Å²) in [5.74, 6) is -0.188. The van der Waals surface area contributed by atoms with Crippen LogP contribution in [0.25, 0.3) is 5.69 Å². The lowest BCUT2D eigenvalue weighted by Gasteiger charge is -2.12. The van der Waals surface area contributed by atoms with Gasteiger partial charge in [0.1, 0.15) is 5.75 Å². The van der Waals surface area contributed by atoms with Crippen LogP contribution in [-0.4, -0.2) is 33.9 Å². The largest absolute Gasteiger partial charge is 0.495 e. The van der Waals surface area contributed by atoms with E-state index in [9.17, 15) is 9.59 Å². The maximum absolute atomic E-state index is 12.8. The number of hydrogen-bond acceptors (Lipinski definition) is 5. The lowest BCUT2D eigenvalue weighted by molar-refractivity contribution is -0.114. The molecule has 8 nitrogen and oxygen atoms in total. The maximum Gasteiger partial charge on any atom is 0.278 e. The quantitative estimate of drug-likeness (QED) is 0.627. The summed E-state index contributed by atoms with van der Waals surface area (Å²) in [7, 11) is 1.50. The number of aromatic nitrogens is 3. The summed E-state index contributed by atoms with van der Waals surface area (Å²) in [5.41, 5.74) is 2.51. The summed E-state index contributed by atoms with van der Waals surface area (Å²) in [6, 6.07) is 12.5. The molecule has 0 aliphatic carbocycles. The van der Waals surface area contributed by atoms with Crippen molar-refractivity contribution in [1.82, 2.24) is 15.0 Å². The van der Waals surface area contributed by atoms with Crippen LogP contribution >= 0.6 is 15.9 Å². The Balaban J connectivity index is 1.89. The van der Waals surface area contributed by atoms with E-state index in [1.165, 1.54) is 14.0 Å². The van der Waals surface area contributed by atoms with E-state index in [1.54, 1.807) is 29.8 Å². The van der Waals surface area contributed by atoms with Gasteiger partial charge in [-0.3, -0.25) is 9.59 Å². The Bertz CT molecular complexity index is 1050. The molecule has 2 aromatic carbocycles. The third-order valence-corrected chi connectivity index (χ3v) is 4.42. The highest BCUT2D eigenvalue weighted by Crippen LogP contribution is 2.28. The smallest absolute Gasteiger partial charge is 0.278 e. The average Bonchev–Trinajstić information content (AvgIpc) is 3.03. The molecule has 0 fully saturated rings. The fourth-order valence-corrected chi connectivity index (χ4v) is 3.05. The highest BCUT2D eigenvalue weighted by Gasteiger charge is 2.19. The Morgan fingerprint density at radius 3 is 2.61 bits per heavy atom. The number of carbonyl (C=O) groups is 2. The summed E-state index contributed by atoms with van der Waals surface area (Å²) >= 11 is 3.42. The standard InChI is InChI=1S/C19H18BrN5O3/c1-11-18(23-24-25(11)15-6-4-5-13(20)9-15)19(27)22-16-10-14(21-12(2)26)7-8-17(16)28-3/h4-10H,1-3H3,(H,21,26)(H,22,27). The highest BCUT2D eigenvalue weighted by atomic mass is 79.9. The fraction of sp³-hybridized carbons (Fsp3) is 0.158. The van der Waals surface area contributed by atoms with Crippen LogP contribution in [0.5, 0.6) is 5.75 Å². The molecule has 1 heterocycles. The molecule has 0 aliphatic rings. The molecule has 0 unspecified atom stereocenters. The molecule has 28 heavy (non-hydrogen) atoms. The number of methoxy groups -OCH3 is 1. The maximum atomic E-state index is 12.8. The molecule has 0 saturated heterocycles. The molecule has 1 aromatic heterocycles. The highest BCUT2D eigenvalue weighted by molar-refractivity contribution is 9.10. The van der Waals surface area contributed by atoms with Crippen molar-refractivity contribution < 1.29 is 14.3 Å². The summed E-state index contributed by atoms with van der Waals surface area (Å²) in [6.45, 7) is 3.17. The number of benzene rings is 2. The van der Waals surface area contributed by atoms with E-state index in [-0.39, 0.29) is 11.6 Å². The van der Waals surface area contributed by atoms with E-state index in [4.69, 9.17) is 4.74 Å². The van der Waals surface area contributed by atoms with Crippen LogP contribution < -0.4 is 15.4 Å². The van der Waals surface area contributed by atoms with E-state index < -0.39 is 5.91 Å². The van der Waals surface area contributed by atoms with Crippen molar-refractivity contribution in [2.24, 2.45) is 0 Å². The Morgan fingerprint density at radius 1 is 1.14 bits per heavy atom. The number of halogens is 1. The van der Waals surface area contributed by atoms with Gasteiger partial charge in [0.05, 0.1) is 24.2 Å². The summed E-state index contributed by atoms with van der Waals surface area (Å²) in [5, 5.41) is 13.5. The van der Waals surface area contributed by atoms with Crippen molar-refractivity contribution >= 4 is 39.1 Å². The molecule has 144 valence electrons. The summed E-state index contributed by atoms with van der Waals surface area (Å²) < 4.78 is 7.77. The van der Waals surface area contributed by atoms with Crippen molar-refractivity contribution in [2.75, 3.05) is 17.7 Å². The number of rotatable bonds is 5. The van der Waals surface area contributed by atoms with Gasteiger partial charge in [-0.2, -0.15) is 0 Å². The first-order chi connectivity index (χ1) is 13.4. The Labute approximate surface area is 170 Å². The van der Waals surface area contributed by atoms with Gasteiger partial charge in [0.15, 0.2) is 5.69 Å². The number of nitrogens with one attached hydrogen (secondary N) is 2. The average molecular weight is 444 g/mol. The first kappa shape index (κ1) is 19.6. The first-order valence-electron chi connectivity index (χ1n) is 8.34. The number of ether oxygens (including phenoxy) is 1. The van der Waals surface area contributed by atoms with Crippen LogP contribution in [0.2, 0.25) is 0 Å². The molecule has 0 atom stereocenters. The van der Waals surface area contributed by atoms with Gasteiger partial charge in [-0.25, -0.2) is 4.68 Å². The number of carbonyl (C=O) groups excluding carboxylic acids is 2. The Morgan fingerprint density at radius 2 is 1.93 bits per heavy atom. The van der Waals surface area contributed by atoms with E-state index >= 15 is 0 Å². The molecule has 0 radical (unpaired) electrons. The second kappa shape index (κ2) is 8.22. The van der Waals surface area contributed by atoms with Crippen LogP contribution in [0, 0.1) is 6.92 Å². The van der Waals surface area contributed by atoms with Crippen LogP contribution in [-0.2, 0) is 4.79 Å². The van der Waals surface area contributed by atoms with Crippen molar-refractivity contribution in [3.63, 3.8) is 0 Å². The van der Waals surface area contributed by atoms with Crippen LogP contribution in [0.4, 0.5) is 11.4 Å². The Hall–Kier alpha value is -3.20. The predicted molar refractivity (Wildman–Crippen MR) is 109 cm³/mol. The zero-order chi connectivity index (χ0) is 20.3. The monoisotopic (exact) mass is 443 g/mol. The minimum atomic E-state index is -0.433. The molecular weight excluding hydrogens is 426 g/mol. The molecular formula is C19H18BrN5O3. The lowest BCUT2D eigenvalue weighted by Crippen LogP contribution is -2.15. The lowest BCUT2D eigenvalue weighted by atomic mass is 10.2. The minimum absolute atomic E-state index is 0.187. The normalized spacial score (nSPS) is 10.4. The van der Waals surface area contributed by atoms with Gasteiger partial charge in [0, 0.05) is 17.1 Å². The molecule has 3 aromatic rings. The molecule has 2 amide bonds. The van der Waals surface area contributed by atoms with Crippen molar-refractivity contribution in [3.05, 3.63) is 58.3 Å². The van der Waals surface area contributed by atoms with Crippen LogP contribution in [0.3, 0.4) is 0 Å². The molecule has 2 N–H and O–H groups in total. The van der Waals surface area contributed by atoms with E-state index in [0.717, 1.165) is 10.2 Å². The van der Waals surface area contributed by atoms with Gasteiger partial charge in [-0.05, 0) is 43.3 Å². The number of amides is 2. The predicted octanol–water partition coefficient (Wildman–Crippen LogP) is 3.56. The van der Waals surface area contributed by atoms with Crippen LogP contribution in [0.15, 0.2) is 46.9 Å². The second-order valence-electron chi connectivity index (χ2n) is 5.97.